The lowest BCUT2D eigenvalue weighted by atomic mass is 10.4. The van der Waals surface area contributed by atoms with E-state index >= 15 is 0 Å². The quantitative estimate of drug-likeness (QED) is 0.821. The molecular weight excluding hydrogens is 362 g/mol. The number of aryl methyl sites for hydroxylation is 1. The number of nitrogens with zero attached hydrogens (tertiary/aromatic N) is 3. The Bertz CT molecular complexity index is 770. The van der Waals surface area contributed by atoms with E-state index < -0.39 is 10.0 Å². The van der Waals surface area contributed by atoms with Gasteiger partial charge in [0.15, 0.2) is 5.82 Å². The molecule has 1 amide bonds. The molecule has 0 unspecified atom stereocenters. The molecule has 2 N–H and O–H groups in total. The molecule has 8 nitrogen and oxygen atoms in total. The number of carbonyl (C=O) groups excluding carboxylic acids is 1. The van der Waals surface area contributed by atoms with Gasteiger partial charge in [0.2, 0.25) is 0 Å². The fraction of sp³-hybridized carbons (Fsp3) is 0.182. The number of hydrogen-bond donors (Lipinski definition) is 2. The van der Waals surface area contributed by atoms with E-state index in [0.29, 0.717) is 4.60 Å². The largest absolute Gasteiger partial charge is 0.354 e. The molecule has 0 aromatic carbocycles. The van der Waals surface area contributed by atoms with E-state index in [4.69, 9.17) is 0 Å². The normalized spacial score (nSPS) is 11.2. The van der Waals surface area contributed by atoms with Crippen LogP contribution >= 0.6 is 15.9 Å². The Morgan fingerprint density at radius 1 is 1.33 bits per heavy atom. The maximum atomic E-state index is 12.2. The molecule has 0 aliphatic rings. The van der Waals surface area contributed by atoms with E-state index in [1.54, 1.807) is 7.05 Å². The predicted octanol–water partition coefficient (Wildman–Crippen LogP) is 0.738. The Labute approximate surface area is 129 Å². The fourth-order valence-electron chi connectivity index (χ4n) is 1.60. The van der Waals surface area contributed by atoms with Crippen LogP contribution in [0.2, 0.25) is 0 Å². The van der Waals surface area contributed by atoms with Gasteiger partial charge in [0.25, 0.3) is 15.9 Å². The van der Waals surface area contributed by atoms with Crippen molar-refractivity contribution in [1.82, 2.24) is 19.9 Å². The zero-order valence-corrected chi connectivity index (χ0v) is 13.6. The third kappa shape index (κ3) is 3.39. The van der Waals surface area contributed by atoms with Crippen molar-refractivity contribution in [2.75, 3.05) is 11.8 Å². The molecule has 0 bridgehead atoms. The van der Waals surface area contributed by atoms with Crippen LogP contribution in [0.5, 0.6) is 0 Å². The second-order valence-electron chi connectivity index (χ2n) is 4.08. The molecule has 2 aromatic heterocycles. The first-order chi connectivity index (χ1) is 9.83. The van der Waals surface area contributed by atoms with Crippen LogP contribution in [0.25, 0.3) is 0 Å². The predicted molar refractivity (Wildman–Crippen MR) is 79.3 cm³/mol. The fourth-order valence-corrected chi connectivity index (χ4v) is 2.86. The summed E-state index contributed by atoms with van der Waals surface area (Å²) >= 11 is 3.11. The van der Waals surface area contributed by atoms with Crippen molar-refractivity contribution in [3.63, 3.8) is 0 Å². The summed E-state index contributed by atoms with van der Waals surface area (Å²) in [4.78, 5) is 19.3. The van der Waals surface area contributed by atoms with E-state index in [1.807, 2.05) is 0 Å². The van der Waals surface area contributed by atoms with E-state index in [1.165, 1.54) is 36.3 Å². The maximum absolute atomic E-state index is 12.2. The zero-order valence-electron chi connectivity index (χ0n) is 11.2. The van der Waals surface area contributed by atoms with Crippen LogP contribution < -0.4 is 10.0 Å². The monoisotopic (exact) mass is 373 g/mol. The second-order valence-corrected chi connectivity index (χ2v) is 6.58. The van der Waals surface area contributed by atoms with E-state index in [0.717, 1.165) is 0 Å². The molecule has 0 saturated carbocycles. The minimum absolute atomic E-state index is 0.0340. The van der Waals surface area contributed by atoms with Crippen LogP contribution in [0.3, 0.4) is 0 Å². The molecule has 0 saturated heterocycles. The molecule has 0 atom stereocenters. The Hall–Kier alpha value is -1.94. The Balaban J connectivity index is 2.31. The number of anilines is 1. The van der Waals surface area contributed by atoms with Gasteiger partial charge in [-0.25, -0.2) is 18.4 Å². The van der Waals surface area contributed by atoms with Gasteiger partial charge in [-0.1, -0.05) is 0 Å². The molecule has 2 heterocycles. The summed E-state index contributed by atoms with van der Waals surface area (Å²) in [5.74, 6) is -0.286. The standard InChI is InChI=1S/C11H12BrN5O3S/c1-13-11(18)8-3-7(6-17(8)2)21(19,20)16-10-5-14-9(12)4-15-10/h3-6H,1-2H3,(H,13,18)(H,15,16). The first-order valence-electron chi connectivity index (χ1n) is 5.72. The van der Waals surface area contributed by atoms with Gasteiger partial charge in [0.05, 0.1) is 12.4 Å². The molecule has 0 aliphatic heterocycles. The van der Waals surface area contributed by atoms with Gasteiger partial charge in [-0.05, 0) is 22.0 Å². The van der Waals surface area contributed by atoms with Crippen LogP contribution in [-0.4, -0.2) is 35.9 Å². The average molecular weight is 374 g/mol. The topological polar surface area (TPSA) is 106 Å². The SMILES string of the molecule is CNC(=O)c1cc(S(=O)(=O)Nc2cnc(Br)cn2)cn1C. The lowest BCUT2D eigenvalue weighted by Crippen LogP contribution is -2.20. The summed E-state index contributed by atoms with van der Waals surface area (Å²) in [5.41, 5.74) is 0.236. The van der Waals surface area contributed by atoms with E-state index in [-0.39, 0.29) is 22.3 Å². The number of hydrogen-bond acceptors (Lipinski definition) is 5. The van der Waals surface area contributed by atoms with Crippen molar-refractivity contribution in [2.24, 2.45) is 7.05 Å². The molecule has 0 spiro atoms. The lowest BCUT2D eigenvalue weighted by molar-refractivity contribution is 0.0955. The number of sulfonamides is 1. The maximum Gasteiger partial charge on any atom is 0.267 e. The number of nitrogens with one attached hydrogen (secondary N) is 2. The zero-order chi connectivity index (χ0) is 15.6. The lowest BCUT2D eigenvalue weighted by Gasteiger charge is -2.04. The highest BCUT2D eigenvalue weighted by Crippen LogP contribution is 2.17. The summed E-state index contributed by atoms with van der Waals surface area (Å²) in [6.07, 6.45) is 4.00. The van der Waals surface area contributed by atoms with Crippen molar-refractivity contribution >= 4 is 37.7 Å². The molecule has 0 aliphatic carbocycles. The second kappa shape index (κ2) is 5.82. The molecule has 21 heavy (non-hydrogen) atoms. The van der Waals surface area contributed by atoms with E-state index in [9.17, 15) is 13.2 Å². The van der Waals surface area contributed by atoms with Gasteiger partial charge < -0.3 is 9.88 Å². The van der Waals surface area contributed by atoms with Crippen molar-refractivity contribution in [2.45, 2.75) is 4.90 Å². The third-order valence-corrected chi connectivity index (χ3v) is 4.34. The highest BCUT2D eigenvalue weighted by atomic mass is 79.9. The average Bonchev–Trinajstić information content (AvgIpc) is 2.83. The van der Waals surface area contributed by atoms with Crippen molar-refractivity contribution in [3.05, 3.63) is 35.0 Å². The summed E-state index contributed by atoms with van der Waals surface area (Å²) in [6.45, 7) is 0. The summed E-state index contributed by atoms with van der Waals surface area (Å²) in [7, 11) is -0.780. The van der Waals surface area contributed by atoms with Crippen LogP contribution in [-0.2, 0) is 17.1 Å². The minimum Gasteiger partial charge on any atom is -0.354 e. The number of halogens is 1. The van der Waals surface area contributed by atoms with Gasteiger partial charge in [-0.3, -0.25) is 9.52 Å². The summed E-state index contributed by atoms with van der Waals surface area (Å²) < 4.78 is 28.7. The van der Waals surface area contributed by atoms with Crippen molar-refractivity contribution in [1.29, 1.82) is 0 Å². The first-order valence-corrected chi connectivity index (χ1v) is 8.00. The molecule has 0 fully saturated rings. The van der Waals surface area contributed by atoms with Gasteiger partial charge >= 0.3 is 0 Å². The van der Waals surface area contributed by atoms with Crippen molar-refractivity contribution in [3.8, 4) is 0 Å². The smallest absolute Gasteiger partial charge is 0.267 e. The highest BCUT2D eigenvalue weighted by molar-refractivity contribution is 9.10. The molecule has 112 valence electrons. The molecule has 2 rings (SSSR count). The van der Waals surface area contributed by atoms with Gasteiger partial charge in [-0.15, -0.1) is 0 Å². The van der Waals surface area contributed by atoms with Crippen LogP contribution in [0, 0.1) is 0 Å². The van der Waals surface area contributed by atoms with Crippen molar-refractivity contribution < 1.29 is 13.2 Å². The Morgan fingerprint density at radius 3 is 2.62 bits per heavy atom. The third-order valence-electron chi connectivity index (χ3n) is 2.61. The number of rotatable bonds is 4. The highest BCUT2D eigenvalue weighted by Gasteiger charge is 2.20. The van der Waals surface area contributed by atoms with Gasteiger partial charge in [-0.2, -0.15) is 0 Å². The number of aromatic nitrogens is 3. The molecular formula is C11H12BrN5O3S. The Morgan fingerprint density at radius 2 is 2.05 bits per heavy atom. The van der Waals surface area contributed by atoms with Crippen LogP contribution in [0.1, 0.15) is 10.5 Å². The number of amides is 1. The number of carbonyl (C=O) groups is 1. The molecule has 2 aromatic rings. The summed E-state index contributed by atoms with van der Waals surface area (Å²) in [5, 5.41) is 2.44. The van der Waals surface area contributed by atoms with Gasteiger partial charge in [0, 0.05) is 20.3 Å². The summed E-state index contributed by atoms with van der Waals surface area (Å²) in [6, 6.07) is 1.29. The first kappa shape index (κ1) is 15.4. The van der Waals surface area contributed by atoms with Crippen LogP contribution in [0.15, 0.2) is 34.2 Å². The molecule has 10 heteroatoms. The van der Waals surface area contributed by atoms with Crippen LogP contribution in [0.4, 0.5) is 5.82 Å². The molecule has 0 radical (unpaired) electrons. The van der Waals surface area contributed by atoms with E-state index in [2.05, 4.69) is 35.9 Å². The minimum atomic E-state index is -3.84. The Kier molecular flexibility index (Phi) is 4.28. The van der Waals surface area contributed by atoms with Gasteiger partial charge in [0.1, 0.15) is 15.2 Å².